The van der Waals surface area contributed by atoms with E-state index in [9.17, 15) is 9.59 Å². The maximum Gasteiger partial charge on any atom is 0.253 e. The van der Waals surface area contributed by atoms with Crippen LogP contribution in [-0.2, 0) is 0 Å². The average molecular weight is 270 g/mol. The van der Waals surface area contributed by atoms with Crippen LogP contribution < -0.4 is 21.5 Å². The first kappa shape index (κ1) is 17.7. The predicted octanol–water partition coefficient (Wildman–Crippen LogP) is 3.22. The summed E-state index contributed by atoms with van der Waals surface area (Å²) in [5.74, 6) is 0. The van der Waals surface area contributed by atoms with Crippen LogP contribution in [0, 0.1) is 5.41 Å². The van der Waals surface area contributed by atoms with Crippen molar-refractivity contribution >= 4 is 11.4 Å². The molecule has 0 bridgehead atoms. The van der Waals surface area contributed by atoms with E-state index in [0.717, 1.165) is 19.4 Å². The number of hydrogen-bond donors (Lipinski definition) is 2. The molecule has 0 aliphatic carbocycles. The quantitative estimate of drug-likeness (QED) is 0.615. The minimum Gasteiger partial charge on any atom is -0.383 e. The second-order valence-corrected chi connectivity index (χ2v) is 5.60. The van der Waals surface area contributed by atoms with Crippen LogP contribution in [0.4, 0.5) is 11.4 Å². The first-order chi connectivity index (χ1) is 8.87. The van der Waals surface area contributed by atoms with Gasteiger partial charge in [-0.05, 0) is 18.3 Å². The van der Waals surface area contributed by atoms with Gasteiger partial charge in [-0.2, -0.15) is 0 Å². The van der Waals surface area contributed by atoms with Crippen molar-refractivity contribution in [3.05, 3.63) is 20.4 Å². The van der Waals surface area contributed by atoms with E-state index in [1.165, 1.54) is 6.42 Å². The molecule has 0 saturated heterocycles. The minimum absolute atomic E-state index is 0. The van der Waals surface area contributed by atoms with Gasteiger partial charge in [0.15, 0.2) is 0 Å². The Morgan fingerprint density at radius 3 is 2.00 bits per heavy atom. The van der Waals surface area contributed by atoms with Crippen LogP contribution in [0.2, 0.25) is 0 Å². The maximum absolute atomic E-state index is 11.2. The van der Waals surface area contributed by atoms with Crippen molar-refractivity contribution in [3.8, 4) is 0 Å². The highest BCUT2D eigenvalue weighted by Gasteiger charge is 2.18. The molecule has 0 aromatic heterocycles. The Morgan fingerprint density at radius 2 is 1.53 bits per heavy atom. The summed E-state index contributed by atoms with van der Waals surface area (Å²) >= 11 is 0. The fourth-order valence-corrected chi connectivity index (χ4v) is 1.79. The molecule has 0 saturated carbocycles. The lowest BCUT2D eigenvalue weighted by molar-refractivity contribution is 0.362. The summed E-state index contributed by atoms with van der Waals surface area (Å²) in [6, 6.07) is 0. The van der Waals surface area contributed by atoms with Crippen molar-refractivity contribution in [1.82, 2.24) is 0 Å². The lowest BCUT2D eigenvalue weighted by atomic mass is 9.90. The van der Waals surface area contributed by atoms with Gasteiger partial charge < -0.3 is 10.6 Å². The molecule has 1 rings (SSSR count). The van der Waals surface area contributed by atoms with E-state index in [2.05, 4.69) is 31.4 Å². The van der Waals surface area contributed by atoms with Gasteiger partial charge in [-0.25, -0.2) is 0 Å². The average Bonchev–Trinajstić information content (AvgIpc) is 2.37. The first-order valence-electron chi connectivity index (χ1n) is 7.12. The van der Waals surface area contributed by atoms with Crippen molar-refractivity contribution in [2.75, 3.05) is 24.2 Å². The summed E-state index contributed by atoms with van der Waals surface area (Å²) in [5.41, 5.74) is 0.423. The number of nitrogens with one attached hydrogen (secondary N) is 2. The van der Waals surface area contributed by atoms with E-state index in [0.29, 0.717) is 16.8 Å². The normalized spacial score (nSPS) is 10.8. The largest absolute Gasteiger partial charge is 0.383 e. The summed E-state index contributed by atoms with van der Waals surface area (Å²) < 4.78 is 0. The van der Waals surface area contributed by atoms with E-state index in [-0.39, 0.29) is 1.43 Å². The molecule has 4 nitrogen and oxygen atoms in total. The van der Waals surface area contributed by atoms with Gasteiger partial charge in [0.05, 0.1) is 0 Å². The molecule has 1 aromatic rings. The SMILES string of the molecule is CC.CNc1c(NCCCCC(C)(C)C)c(=O)c1=O.[HH]. The number of unbranched alkanes of at least 4 members (excludes halogenated alkanes) is 1. The van der Waals surface area contributed by atoms with Crippen LogP contribution in [0.5, 0.6) is 0 Å². The third-order valence-electron chi connectivity index (χ3n) is 2.82. The molecule has 0 heterocycles. The standard InChI is InChI=1S/C13H22N2O2.C2H6.H2/c1-13(2,3)7-5-6-8-15-10-9(14-4)11(16)12(10)17;1-2;/h14-15H,5-8H2,1-4H3;1-2H3;1H. The molecule has 4 heteroatoms. The zero-order chi connectivity index (χ0) is 15.1. The first-order valence-corrected chi connectivity index (χ1v) is 7.12. The van der Waals surface area contributed by atoms with Gasteiger partial charge in [-0.3, -0.25) is 9.59 Å². The van der Waals surface area contributed by atoms with Crippen LogP contribution >= 0.6 is 0 Å². The van der Waals surface area contributed by atoms with Crippen molar-refractivity contribution in [2.24, 2.45) is 5.41 Å². The van der Waals surface area contributed by atoms with Gasteiger partial charge in [-0.15, -0.1) is 0 Å². The Bertz CT molecular complexity index is 443. The molecular formula is C15H30N2O2. The number of anilines is 2. The Morgan fingerprint density at radius 1 is 1.00 bits per heavy atom. The molecule has 112 valence electrons. The highest BCUT2D eigenvalue weighted by atomic mass is 16.2. The summed E-state index contributed by atoms with van der Waals surface area (Å²) in [6.45, 7) is 11.4. The fourth-order valence-electron chi connectivity index (χ4n) is 1.79. The molecule has 1 aromatic carbocycles. The molecule has 0 radical (unpaired) electrons. The Hall–Kier alpha value is -1.32. The molecule has 0 amide bonds. The lowest BCUT2D eigenvalue weighted by Gasteiger charge is -2.18. The Balaban J connectivity index is 0. The summed E-state index contributed by atoms with van der Waals surface area (Å²) in [7, 11) is 1.65. The monoisotopic (exact) mass is 270 g/mol. The number of rotatable bonds is 6. The molecule has 0 atom stereocenters. The summed E-state index contributed by atoms with van der Waals surface area (Å²) in [6.07, 6.45) is 3.31. The van der Waals surface area contributed by atoms with Crippen LogP contribution in [0.25, 0.3) is 0 Å². The van der Waals surface area contributed by atoms with Crippen LogP contribution in [0.3, 0.4) is 0 Å². The molecule has 0 fully saturated rings. The molecule has 0 unspecified atom stereocenters. The van der Waals surface area contributed by atoms with Gasteiger partial charge in [0.1, 0.15) is 11.4 Å². The Kier molecular flexibility index (Phi) is 7.42. The van der Waals surface area contributed by atoms with Crippen molar-refractivity contribution < 1.29 is 1.43 Å². The van der Waals surface area contributed by atoms with E-state index in [4.69, 9.17) is 0 Å². The van der Waals surface area contributed by atoms with Gasteiger partial charge >= 0.3 is 0 Å². The third kappa shape index (κ3) is 5.45. The predicted molar refractivity (Wildman–Crippen MR) is 86.2 cm³/mol. The zero-order valence-corrected chi connectivity index (χ0v) is 13.1. The molecule has 0 aliphatic rings. The molecule has 0 aliphatic heterocycles. The lowest BCUT2D eigenvalue weighted by Crippen LogP contribution is -2.36. The molecule has 19 heavy (non-hydrogen) atoms. The maximum atomic E-state index is 11.2. The Labute approximate surface area is 117 Å². The van der Waals surface area contributed by atoms with E-state index in [1.54, 1.807) is 7.05 Å². The topological polar surface area (TPSA) is 58.2 Å². The van der Waals surface area contributed by atoms with Crippen molar-refractivity contribution in [2.45, 2.75) is 53.9 Å². The van der Waals surface area contributed by atoms with Gasteiger partial charge in [-0.1, -0.05) is 41.0 Å². The second kappa shape index (κ2) is 7.97. The van der Waals surface area contributed by atoms with Crippen LogP contribution in [-0.4, -0.2) is 13.6 Å². The zero-order valence-electron chi connectivity index (χ0n) is 13.1. The van der Waals surface area contributed by atoms with E-state index in [1.807, 2.05) is 13.8 Å². The minimum atomic E-state index is -0.412. The molecular weight excluding hydrogens is 240 g/mol. The summed E-state index contributed by atoms with van der Waals surface area (Å²) in [4.78, 5) is 22.4. The molecule has 0 spiro atoms. The van der Waals surface area contributed by atoms with E-state index < -0.39 is 10.9 Å². The third-order valence-corrected chi connectivity index (χ3v) is 2.82. The van der Waals surface area contributed by atoms with Gasteiger partial charge in [0, 0.05) is 15.0 Å². The smallest absolute Gasteiger partial charge is 0.253 e. The second-order valence-electron chi connectivity index (χ2n) is 5.60. The van der Waals surface area contributed by atoms with E-state index >= 15 is 0 Å². The van der Waals surface area contributed by atoms with Gasteiger partial charge in [0.2, 0.25) is 0 Å². The molecule has 2 N–H and O–H groups in total. The van der Waals surface area contributed by atoms with Crippen LogP contribution in [0.1, 0.15) is 55.3 Å². The highest BCUT2D eigenvalue weighted by Crippen LogP contribution is 2.21. The van der Waals surface area contributed by atoms with Gasteiger partial charge in [0.25, 0.3) is 10.9 Å². The summed E-state index contributed by atoms with van der Waals surface area (Å²) in [5, 5.41) is 5.78. The fraction of sp³-hybridized carbons (Fsp3) is 0.733. The highest BCUT2D eigenvalue weighted by molar-refractivity contribution is 5.73. The van der Waals surface area contributed by atoms with Crippen molar-refractivity contribution in [3.63, 3.8) is 0 Å². The van der Waals surface area contributed by atoms with Crippen molar-refractivity contribution in [1.29, 1.82) is 0 Å². The van der Waals surface area contributed by atoms with Crippen LogP contribution in [0.15, 0.2) is 9.59 Å². The number of hydrogen-bond acceptors (Lipinski definition) is 4.